The highest BCUT2D eigenvalue weighted by molar-refractivity contribution is 6.09. The van der Waals surface area contributed by atoms with Crippen LogP contribution in [0.1, 0.15) is 52.9 Å². The van der Waals surface area contributed by atoms with E-state index in [0.29, 0.717) is 6.42 Å². The first kappa shape index (κ1) is 15.8. The van der Waals surface area contributed by atoms with E-state index < -0.39 is 11.6 Å². The van der Waals surface area contributed by atoms with Crippen LogP contribution in [0.4, 0.5) is 4.79 Å². The van der Waals surface area contributed by atoms with Crippen LogP contribution in [-0.2, 0) is 9.59 Å². The van der Waals surface area contributed by atoms with Gasteiger partial charge in [-0.3, -0.25) is 14.5 Å². The van der Waals surface area contributed by atoms with Crippen molar-refractivity contribution in [2.24, 2.45) is 5.92 Å². The molecule has 2 rings (SSSR count). The molecule has 0 radical (unpaired) electrons. The monoisotopic (exact) mass is 295 g/mol. The molecule has 2 aliphatic rings. The third-order valence-corrected chi connectivity index (χ3v) is 4.82. The molecule has 3 atom stereocenters. The molecule has 6 nitrogen and oxygen atoms in total. The minimum absolute atomic E-state index is 0.0424. The van der Waals surface area contributed by atoms with Crippen LogP contribution in [0.5, 0.6) is 0 Å². The van der Waals surface area contributed by atoms with Gasteiger partial charge in [0.2, 0.25) is 5.91 Å². The number of carbonyl (C=O) groups excluding carboxylic acids is 3. The van der Waals surface area contributed by atoms with Gasteiger partial charge in [0.05, 0.1) is 0 Å². The third-order valence-electron chi connectivity index (χ3n) is 4.82. The molecule has 118 valence electrons. The molecule has 1 spiro atoms. The summed E-state index contributed by atoms with van der Waals surface area (Å²) in [5.41, 5.74) is -0.786. The van der Waals surface area contributed by atoms with Crippen molar-refractivity contribution in [3.8, 4) is 0 Å². The SMILES string of the molecule is CC[C@@H](C)NC(=O)CN1C(=O)N[C@@]2(CCCC[C@@H]2C)C1=O. The fourth-order valence-corrected chi connectivity index (χ4v) is 3.21. The molecule has 6 heteroatoms. The molecule has 21 heavy (non-hydrogen) atoms. The Balaban J connectivity index is 2.06. The summed E-state index contributed by atoms with van der Waals surface area (Å²) in [6.45, 7) is 5.68. The van der Waals surface area contributed by atoms with E-state index in [4.69, 9.17) is 0 Å². The van der Waals surface area contributed by atoms with Crippen LogP contribution in [0.25, 0.3) is 0 Å². The normalized spacial score (nSPS) is 30.4. The summed E-state index contributed by atoms with van der Waals surface area (Å²) >= 11 is 0. The Kier molecular flexibility index (Phi) is 4.54. The van der Waals surface area contributed by atoms with E-state index in [1.54, 1.807) is 0 Å². The number of amides is 4. The van der Waals surface area contributed by atoms with Crippen LogP contribution < -0.4 is 10.6 Å². The Morgan fingerprint density at radius 3 is 2.81 bits per heavy atom. The van der Waals surface area contributed by atoms with Crippen molar-refractivity contribution in [3.05, 3.63) is 0 Å². The van der Waals surface area contributed by atoms with Gasteiger partial charge in [-0.1, -0.05) is 26.7 Å². The minimum Gasteiger partial charge on any atom is -0.352 e. The quantitative estimate of drug-likeness (QED) is 0.770. The molecule has 1 saturated carbocycles. The number of imide groups is 1. The summed E-state index contributed by atoms with van der Waals surface area (Å²) < 4.78 is 0. The van der Waals surface area contributed by atoms with Crippen molar-refractivity contribution in [3.63, 3.8) is 0 Å². The largest absolute Gasteiger partial charge is 0.352 e. The summed E-state index contributed by atoms with van der Waals surface area (Å²) in [5.74, 6) is -0.405. The molecule has 0 aromatic carbocycles. The molecule has 0 aromatic rings. The van der Waals surface area contributed by atoms with Crippen LogP contribution in [0.3, 0.4) is 0 Å². The minimum atomic E-state index is -0.786. The first-order chi connectivity index (χ1) is 9.90. The van der Waals surface area contributed by atoms with Crippen LogP contribution in [0.2, 0.25) is 0 Å². The van der Waals surface area contributed by atoms with Crippen molar-refractivity contribution in [1.82, 2.24) is 15.5 Å². The maximum atomic E-state index is 12.7. The standard InChI is InChI=1S/C15H25N3O3/c1-4-11(3)16-12(19)9-18-13(20)15(17-14(18)21)8-6-5-7-10(15)2/h10-11H,4-9H2,1-3H3,(H,16,19)(H,17,21)/t10-,11+,15+/m0/s1. The molecular formula is C15H25N3O3. The van der Waals surface area contributed by atoms with Gasteiger partial charge in [-0.25, -0.2) is 4.79 Å². The van der Waals surface area contributed by atoms with E-state index in [1.165, 1.54) is 0 Å². The van der Waals surface area contributed by atoms with Crippen molar-refractivity contribution in [2.75, 3.05) is 6.54 Å². The van der Waals surface area contributed by atoms with Gasteiger partial charge in [-0.2, -0.15) is 0 Å². The Labute approximate surface area is 125 Å². The maximum Gasteiger partial charge on any atom is 0.325 e. The number of nitrogens with zero attached hydrogens (tertiary/aromatic N) is 1. The van der Waals surface area contributed by atoms with Crippen molar-refractivity contribution >= 4 is 17.8 Å². The van der Waals surface area contributed by atoms with E-state index >= 15 is 0 Å². The first-order valence-electron chi connectivity index (χ1n) is 7.84. The Morgan fingerprint density at radius 1 is 1.48 bits per heavy atom. The number of hydrogen-bond acceptors (Lipinski definition) is 3. The predicted octanol–water partition coefficient (Wildman–Crippen LogP) is 1.40. The number of hydrogen-bond donors (Lipinski definition) is 2. The summed E-state index contributed by atoms with van der Waals surface area (Å²) in [5, 5.41) is 5.64. The lowest BCUT2D eigenvalue weighted by atomic mass is 9.73. The number of nitrogens with one attached hydrogen (secondary N) is 2. The van der Waals surface area contributed by atoms with Crippen LogP contribution in [-0.4, -0.2) is 40.9 Å². The number of urea groups is 1. The number of rotatable bonds is 4. The molecule has 1 saturated heterocycles. The van der Waals surface area contributed by atoms with Gasteiger partial charge in [0, 0.05) is 6.04 Å². The average Bonchev–Trinajstić information content (AvgIpc) is 2.67. The van der Waals surface area contributed by atoms with E-state index in [1.807, 2.05) is 20.8 Å². The fourth-order valence-electron chi connectivity index (χ4n) is 3.21. The van der Waals surface area contributed by atoms with Gasteiger partial charge in [-0.15, -0.1) is 0 Å². The second-order valence-electron chi connectivity index (χ2n) is 6.32. The molecule has 2 N–H and O–H groups in total. The second-order valence-corrected chi connectivity index (χ2v) is 6.32. The summed E-state index contributed by atoms with van der Waals surface area (Å²) in [4.78, 5) is 37.8. The van der Waals surface area contributed by atoms with E-state index in [2.05, 4.69) is 10.6 Å². The fraction of sp³-hybridized carbons (Fsp3) is 0.800. The molecule has 0 unspecified atom stereocenters. The van der Waals surface area contributed by atoms with Gasteiger partial charge in [0.1, 0.15) is 12.1 Å². The molecule has 0 aromatic heterocycles. The molecule has 1 aliphatic carbocycles. The smallest absolute Gasteiger partial charge is 0.325 e. The van der Waals surface area contributed by atoms with Gasteiger partial charge < -0.3 is 10.6 Å². The first-order valence-corrected chi connectivity index (χ1v) is 7.84. The van der Waals surface area contributed by atoms with Gasteiger partial charge in [0.25, 0.3) is 5.91 Å². The number of carbonyl (C=O) groups is 3. The highest BCUT2D eigenvalue weighted by Crippen LogP contribution is 2.38. The summed E-state index contributed by atoms with van der Waals surface area (Å²) in [6, 6.07) is -0.395. The Bertz CT molecular complexity index is 451. The summed E-state index contributed by atoms with van der Waals surface area (Å²) in [6.07, 6.45) is 4.43. The van der Waals surface area contributed by atoms with Gasteiger partial charge in [-0.05, 0) is 32.1 Å². The molecule has 2 fully saturated rings. The third kappa shape index (κ3) is 2.89. The maximum absolute atomic E-state index is 12.7. The lowest BCUT2D eigenvalue weighted by Gasteiger charge is -2.36. The van der Waals surface area contributed by atoms with E-state index in [9.17, 15) is 14.4 Å². The lowest BCUT2D eigenvalue weighted by Crippen LogP contribution is -2.54. The van der Waals surface area contributed by atoms with Crippen LogP contribution in [0, 0.1) is 5.92 Å². The van der Waals surface area contributed by atoms with Crippen molar-refractivity contribution in [1.29, 1.82) is 0 Å². The molecular weight excluding hydrogens is 270 g/mol. The van der Waals surface area contributed by atoms with Gasteiger partial charge in [0.15, 0.2) is 0 Å². The van der Waals surface area contributed by atoms with Crippen LogP contribution in [0.15, 0.2) is 0 Å². The highest BCUT2D eigenvalue weighted by atomic mass is 16.2. The zero-order valence-corrected chi connectivity index (χ0v) is 13.1. The predicted molar refractivity (Wildman–Crippen MR) is 78.5 cm³/mol. The van der Waals surface area contributed by atoms with Gasteiger partial charge >= 0.3 is 6.03 Å². The Morgan fingerprint density at radius 2 is 2.19 bits per heavy atom. The van der Waals surface area contributed by atoms with Crippen molar-refractivity contribution in [2.45, 2.75) is 64.5 Å². The molecule has 0 bridgehead atoms. The van der Waals surface area contributed by atoms with Crippen molar-refractivity contribution < 1.29 is 14.4 Å². The topological polar surface area (TPSA) is 78.5 Å². The van der Waals surface area contributed by atoms with E-state index in [-0.39, 0.29) is 30.3 Å². The van der Waals surface area contributed by atoms with E-state index in [0.717, 1.165) is 30.6 Å². The lowest BCUT2D eigenvalue weighted by molar-refractivity contribution is -0.137. The average molecular weight is 295 g/mol. The Hall–Kier alpha value is -1.59. The van der Waals surface area contributed by atoms with Crippen LogP contribution >= 0.6 is 0 Å². The summed E-state index contributed by atoms with van der Waals surface area (Å²) in [7, 11) is 0. The molecule has 4 amide bonds. The highest BCUT2D eigenvalue weighted by Gasteiger charge is 2.55. The zero-order chi connectivity index (χ0) is 15.6. The zero-order valence-electron chi connectivity index (χ0n) is 13.1. The second kappa shape index (κ2) is 6.03. The molecule has 1 heterocycles. The molecule has 1 aliphatic heterocycles.